The molecule has 0 spiro atoms. The molecule has 2 heterocycles. The predicted octanol–water partition coefficient (Wildman–Crippen LogP) is 2.59. The van der Waals surface area contributed by atoms with Crippen LogP contribution in [0.4, 0.5) is 0 Å². The number of thiophene rings is 1. The van der Waals surface area contributed by atoms with Crippen LogP contribution < -0.4 is 4.74 Å². The summed E-state index contributed by atoms with van der Waals surface area (Å²) in [5.74, 6) is -0.468. The molecule has 0 saturated carbocycles. The van der Waals surface area contributed by atoms with Crippen molar-refractivity contribution in [3.63, 3.8) is 0 Å². The molecular formula is C21H23NO6S. The average Bonchev–Trinajstić information content (AvgIpc) is 3.21. The van der Waals surface area contributed by atoms with Gasteiger partial charge in [-0.1, -0.05) is 12.1 Å². The number of carbonyl (C=O) groups excluding carboxylic acids is 3. The minimum atomic E-state index is -0.610. The molecule has 29 heavy (non-hydrogen) atoms. The molecule has 1 saturated heterocycles. The number of Topliss-reactive ketones (excluding diaryl/α,β-unsaturated/α-hetero) is 1. The Morgan fingerprint density at radius 2 is 1.86 bits per heavy atom. The number of carbonyl (C=O) groups is 3. The summed E-state index contributed by atoms with van der Waals surface area (Å²) in [7, 11) is 0. The van der Waals surface area contributed by atoms with Gasteiger partial charge in [0, 0.05) is 18.0 Å². The Morgan fingerprint density at radius 1 is 1.10 bits per heavy atom. The van der Waals surface area contributed by atoms with Gasteiger partial charge in [0.2, 0.25) is 11.7 Å². The lowest BCUT2D eigenvalue weighted by Gasteiger charge is -2.26. The Hall–Kier alpha value is -2.71. The summed E-state index contributed by atoms with van der Waals surface area (Å²) < 4.78 is 15.8. The van der Waals surface area contributed by atoms with Crippen molar-refractivity contribution >= 4 is 29.0 Å². The number of benzene rings is 1. The SMILES string of the molecule is CCOc1ccccc1C(=O)OCC(=O)c1ccc(CC(=O)N2CCOCC2)s1. The molecule has 0 unspecified atom stereocenters. The Bertz CT molecular complexity index is 872. The van der Waals surface area contributed by atoms with Gasteiger partial charge >= 0.3 is 5.97 Å². The summed E-state index contributed by atoms with van der Waals surface area (Å²) >= 11 is 1.25. The maximum atomic E-state index is 12.4. The van der Waals surface area contributed by atoms with Crippen LogP contribution in [0.2, 0.25) is 0 Å². The molecule has 0 atom stereocenters. The number of amides is 1. The zero-order valence-corrected chi connectivity index (χ0v) is 17.0. The zero-order valence-electron chi connectivity index (χ0n) is 16.2. The standard InChI is InChI=1S/C21H23NO6S/c1-2-27-18-6-4-3-5-16(18)21(25)28-14-17(23)19-8-7-15(29-19)13-20(24)22-9-11-26-12-10-22/h3-8H,2,9-14H2,1H3. The third kappa shape index (κ3) is 5.65. The molecular weight excluding hydrogens is 394 g/mol. The van der Waals surface area contributed by atoms with Gasteiger partial charge in [-0.3, -0.25) is 9.59 Å². The van der Waals surface area contributed by atoms with Crippen molar-refractivity contribution in [1.82, 2.24) is 4.90 Å². The molecule has 0 radical (unpaired) electrons. The number of hydrogen-bond donors (Lipinski definition) is 0. The number of para-hydroxylation sites is 1. The van der Waals surface area contributed by atoms with Crippen LogP contribution in [0.3, 0.4) is 0 Å². The van der Waals surface area contributed by atoms with Gasteiger partial charge in [-0.05, 0) is 31.2 Å². The fourth-order valence-corrected chi connectivity index (χ4v) is 3.82. The molecule has 1 amide bonds. The Morgan fingerprint density at radius 3 is 2.62 bits per heavy atom. The molecule has 0 bridgehead atoms. The molecule has 3 rings (SSSR count). The van der Waals surface area contributed by atoms with Gasteiger partial charge in [0.25, 0.3) is 0 Å². The van der Waals surface area contributed by atoms with E-state index in [1.165, 1.54) is 11.3 Å². The first-order chi connectivity index (χ1) is 14.1. The minimum Gasteiger partial charge on any atom is -0.493 e. The zero-order chi connectivity index (χ0) is 20.6. The Labute approximate surface area is 173 Å². The number of ketones is 1. The maximum absolute atomic E-state index is 12.4. The number of ether oxygens (including phenoxy) is 3. The molecule has 154 valence electrons. The van der Waals surface area contributed by atoms with Crippen molar-refractivity contribution in [3.05, 3.63) is 51.7 Å². The van der Waals surface area contributed by atoms with Gasteiger partial charge in [0.1, 0.15) is 11.3 Å². The van der Waals surface area contributed by atoms with E-state index in [2.05, 4.69) is 0 Å². The van der Waals surface area contributed by atoms with E-state index in [4.69, 9.17) is 14.2 Å². The van der Waals surface area contributed by atoms with Gasteiger partial charge in [0.05, 0.1) is 31.1 Å². The number of rotatable bonds is 8. The summed E-state index contributed by atoms with van der Waals surface area (Å²) in [6.07, 6.45) is 0.249. The third-order valence-electron chi connectivity index (χ3n) is 4.37. The summed E-state index contributed by atoms with van der Waals surface area (Å²) in [5, 5.41) is 0. The van der Waals surface area contributed by atoms with Gasteiger partial charge in [0.15, 0.2) is 6.61 Å². The highest BCUT2D eigenvalue weighted by molar-refractivity contribution is 7.14. The van der Waals surface area contributed by atoms with Crippen molar-refractivity contribution in [3.8, 4) is 5.75 Å². The topological polar surface area (TPSA) is 82.1 Å². The van der Waals surface area contributed by atoms with E-state index in [1.54, 1.807) is 41.3 Å². The van der Waals surface area contributed by atoms with E-state index in [1.807, 2.05) is 6.92 Å². The molecule has 2 aromatic rings. The van der Waals surface area contributed by atoms with Gasteiger partial charge in [-0.15, -0.1) is 11.3 Å². The summed E-state index contributed by atoms with van der Waals surface area (Å²) in [5.41, 5.74) is 0.283. The van der Waals surface area contributed by atoms with Crippen LogP contribution in [-0.4, -0.2) is 62.1 Å². The number of morpholine rings is 1. The van der Waals surface area contributed by atoms with E-state index in [-0.39, 0.29) is 30.3 Å². The quantitative estimate of drug-likeness (QED) is 0.485. The normalized spacial score (nSPS) is 13.8. The van der Waals surface area contributed by atoms with Crippen LogP contribution in [0.1, 0.15) is 31.8 Å². The van der Waals surface area contributed by atoms with Gasteiger partial charge < -0.3 is 19.1 Å². The number of nitrogens with zero attached hydrogens (tertiary/aromatic N) is 1. The number of hydrogen-bond acceptors (Lipinski definition) is 7. The molecule has 1 aliphatic heterocycles. The Kier molecular flexibility index (Phi) is 7.37. The minimum absolute atomic E-state index is 0.0214. The van der Waals surface area contributed by atoms with Crippen LogP contribution >= 0.6 is 11.3 Å². The lowest BCUT2D eigenvalue weighted by Crippen LogP contribution is -2.41. The largest absolute Gasteiger partial charge is 0.493 e. The van der Waals surface area contributed by atoms with E-state index in [9.17, 15) is 14.4 Å². The highest BCUT2D eigenvalue weighted by Crippen LogP contribution is 2.21. The molecule has 0 N–H and O–H groups in total. The second-order valence-corrected chi connectivity index (χ2v) is 7.53. The molecule has 1 aliphatic rings. The van der Waals surface area contributed by atoms with Crippen LogP contribution in [0, 0.1) is 0 Å². The molecule has 1 fully saturated rings. The van der Waals surface area contributed by atoms with Crippen LogP contribution in [0.25, 0.3) is 0 Å². The molecule has 0 aliphatic carbocycles. The second-order valence-electron chi connectivity index (χ2n) is 6.36. The van der Waals surface area contributed by atoms with Gasteiger partial charge in [-0.25, -0.2) is 4.79 Å². The summed E-state index contributed by atoms with van der Waals surface area (Å²) in [4.78, 5) is 40.0. The van der Waals surface area contributed by atoms with Crippen molar-refractivity contribution in [2.75, 3.05) is 39.5 Å². The molecule has 8 heteroatoms. The molecule has 1 aromatic carbocycles. The van der Waals surface area contributed by atoms with E-state index >= 15 is 0 Å². The first-order valence-corrected chi connectivity index (χ1v) is 10.3. The third-order valence-corrected chi connectivity index (χ3v) is 5.49. The monoisotopic (exact) mass is 417 g/mol. The fourth-order valence-electron chi connectivity index (χ4n) is 2.89. The average molecular weight is 417 g/mol. The van der Waals surface area contributed by atoms with Crippen molar-refractivity contribution in [2.24, 2.45) is 0 Å². The smallest absolute Gasteiger partial charge is 0.342 e. The number of esters is 1. The van der Waals surface area contributed by atoms with Crippen molar-refractivity contribution < 1.29 is 28.6 Å². The molecule has 1 aromatic heterocycles. The predicted molar refractivity (Wildman–Crippen MR) is 108 cm³/mol. The first-order valence-electron chi connectivity index (χ1n) is 9.45. The maximum Gasteiger partial charge on any atom is 0.342 e. The van der Waals surface area contributed by atoms with Crippen molar-refractivity contribution in [1.29, 1.82) is 0 Å². The van der Waals surface area contributed by atoms with E-state index in [0.29, 0.717) is 43.5 Å². The lowest BCUT2D eigenvalue weighted by molar-refractivity contribution is -0.134. The van der Waals surface area contributed by atoms with E-state index in [0.717, 1.165) is 4.88 Å². The first kappa shape index (κ1) is 21.0. The fraction of sp³-hybridized carbons (Fsp3) is 0.381. The molecule has 7 nitrogen and oxygen atoms in total. The van der Waals surface area contributed by atoms with Gasteiger partial charge in [-0.2, -0.15) is 0 Å². The highest BCUT2D eigenvalue weighted by Gasteiger charge is 2.20. The van der Waals surface area contributed by atoms with Crippen LogP contribution in [0.15, 0.2) is 36.4 Å². The van der Waals surface area contributed by atoms with Crippen LogP contribution in [-0.2, 0) is 20.7 Å². The van der Waals surface area contributed by atoms with Crippen LogP contribution in [0.5, 0.6) is 5.75 Å². The highest BCUT2D eigenvalue weighted by atomic mass is 32.1. The van der Waals surface area contributed by atoms with Crippen molar-refractivity contribution in [2.45, 2.75) is 13.3 Å². The summed E-state index contributed by atoms with van der Waals surface area (Å²) in [6, 6.07) is 10.2. The lowest BCUT2D eigenvalue weighted by atomic mass is 10.2. The summed E-state index contributed by atoms with van der Waals surface area (Å²) in [6.45, 7) is 4.17. The Balaban J connectivity index is 1.54. The van der Waals surface area contributed by atoms with E-state index < -0.39 is 5.97 Å². The second kappa shape index (κ2) is 10.2.